The van der Waals surface area contributed by atoms with Crippen LogP contribution in [0.25, 0.3) is 28.6 Å². The van der Waals surface area contributed by atoms with E-state index in [1.165, 1.54) is 17.7 Å². The van der Waals surface area contributed by atoms with E-state index in [0.29, 0.717) is 11.5 Å². The van der Waals surface area contributed by atoms with Crippen molar-refractivity contribution in [1.29, 1.82) is 0 Å². The zero-order valence-corrected chi connectivity index (χ0v) is 20.4. The van der Waals surface area contributed by atoms with Crippen molar-refractivity contribution in [2.24, 2.45) is 0 Å². The van der Waals surface area contributed by atoms with Gasteiger partial charge in [-0.25, -0.2) is 0 Å². The Morgan fingerprint density at radius 1 is 1.00 bits per heavy atom. The van der Waals surface area contributed by atoms with Crippen molar-refractivity contribution in [3.05, 3.63) is 89.5 Å². The van der Waals surface area contributed by atoms with E-state index in [9.17, 15) is 13.2 Å². The van der Waals surface area contributed by atoms with Gasteiger partial charge in [-0.1, -0.05) is 51.1 Å². The Morgan fingerprint density at radius 2 is 1.66 bits per heavy atom. The molecule has 35 heavy (non-hydrogen) atoms. The molecule has 0 unspecified atom stereocenters. The van der Waals surface area contributed by atoms with Gasteiger partial charge in [0.2, 0.25) is 11.8 Å². The second-order valence-electron chi connectivity index (χ2n) is 7.67. The van der Waals surface area contributed by atoms with E-state index < -0.39 is 11.7 Å². The Bertz CT molecular complexity index is 1200. The highest BCUT2D eigenvalue weighted by Crippen LogP contribution is 2.33. The molecule has 1 aliphatic rings. The molecule has 2 heterocycles. The predicted molar refractivity (Wildman–Crippen MR) is 134 cm³/mol. The Morgan fingerprint density at radius 3 is 2.29 bits per heavy atom. The van der Waals surface area contributed by atoms with Crippen LogP contribution < -0.4 is 0 Å². The van der Waals surface area contributed by atoms with Gasteiger partial charge in [0.25, 0.3) is 0 Å². The zero-order valence-electron chi connectivity index (χ0n) is 20.4. The number of aromatic nitrogens is 2. The lowest BCUT2D eigenvalue weighted by molar-refractivity contribution is -0.137. The predicted octanol–water partition coefficient (Wildman–Crippen LogP) is 7.80. The third kappa shape index (κ3) is 6.10. The first-order chi connectivity index (χ1) is 16.9. The highest BCUT2D eigenvalue weighted by molar-refractivity contribution is 5.74. The fourth-order valence-corrected chi connectivity index (χ4v) is 3.73. The average Bonchev–Trinajstić information content (AvgIpc) is 3.38. The molecule has 0 radical (unpaired) electrons. The first kappa shape index (κ1) is 26.0. The van der Waals surface area contributed by atoms with Crippen LogP contribution in [0.15, 0.2) is 77.3 Å². The smallest absolute Gasteiger partial charge is 0.416 e. The van der Waals surface area contributed by atoms with Gasteiger partial charge in [-0.05, 0) is 61.4 Å². The molecule has 184 valence electrons. The number of alkyl halides is 3. The summed E-state index contributed by atoms with van der Waals surface area (Å²) in [5, 5.41) is 8.20. The molecule has 0 N–H and O–H groups in total. The minimum Gasteiger partial charge on any atom is -0.416 e. The summed E-state index contributed by atoms with van der Waals surface area (Å²) in [6.45, 7) is 9.75. The molecule has 0 spiro atoms. The molecule has 2 aromatic carbocycles. The van der Waals surface area contributed by atoms with Gasteiger partial charge in [-0.15, -0.1) is 10.2 Å². The highest BCUT2D eigenvalue weighted by atomic mass is 19.4. The van der Waals surface area contributed by atoms with Crippen molar-refractivity contribution in [2.75, 3.05) is 13.1 Å². The summed E-state index contributed by atoms with van der Waals surface area (Å²) in [4.78, 5) is 2.29. The molecule has 3 aromatic rings. The van der Waals surface area contributed by atoms with Gasteiger partial charge in [0.05, 0.1) is 5.56 Å². The first-order valence-electron chi connectivity index (χ1n) is 11.8. The molecule has 0 atom stereocenters. The van der Waals surface area contributed by atoms with Gasteiger partial charge in [-0.2, -0.15) is 13.2 Å². The van der Waals surface area contributed by atoms with Crippen LogP contribution in [-0.2, 0) is 12.6 Å². The van der Waals surface area contributed by atoms with Crippen LogP contribution in [0, 0.1) is 0 Å². The Hall–Kier alpha value is -3.61. The van der Waals surface area contributed by atoms with E-state index in [1.54, 1.807) is 0 Å². The molecular weight excluding hydrogens is 451 g/mol. The molecule has 0 fully saturated rings. The van der Waals surface area contributed by atoms with Crippen molar-refractivity contribution < 1.29 is 17.6 Å². The summed E-state index contributed by atoms with van der Waals surface area (Å²) >= 11 is 0. The van der Waals surface area contributed by atoms with E-state index in [2.05, 4.69) is 52.4 Å². The maximum Gasteiger partial charge on any atom is 0.416 e. The largest absolute Gasteiger partial charge is 0.416 e. The quantitative estimate of drug-likeness (QED) is 0.337. The van der Waals surface area contributed by atoms with Gasteiger partial charge in [-0.3, -0.25) is 0 Å². The van der Waals surface area contributed by atoms with Crippen LogP contribution in [0.2, 0.25) is 0 Å². The fraction of sp³-hybridized carbons (Fsp3) is 0.286. The minimum atomic E-state index is -4.39. The summed E-state index contributed by atoms with van der Waals surface area (Å²) in [6.07, 6.45) is 6.92. The van der Waals surface area contributed by atoms with Gasteiger partial charge < -0.3 is 9.32 Å². The van der Waals surface area contributed by atoms with Gasteiger partial charge in [0.15, 0.2) is 0 Å². The van der Waals surface area contributed by atoms with Crippen LogP contribution in [0.4, 0.5) is 13.2 Å². The average molecular weight is 482 g/mol. The SMILES string of the molecule is CC.CC=CCN1CC=CC=C1c1cc(-c2nnc(-c3ccc(C(F)(F)F)cc3)o2)ccc1CC. The molecular formula is C28H30F3N3O. The summed E-state index contributed by atoms with van der Waals surface area (Å²) in [6, 6.07) is 10.7. The number of benzene rings is 2. The van der Waals surface area contributed by atoms with E-state index >= 15 is 0 Å². The number of allylic oxidation sites excluding steroid dienone is 3. The minimum absolute atomic E-state index is 0.175. The summed E-state index contributed by atoms with van der Waals surface area (Å²) in [7, 11) is 0. The standard InChI is InChI=1S/C26H24F3N3O.C2H6/c1-3-5-15-32-16-7-6-8-23(32)22-17-20(10-9-18(22)4-2)25-31-30-24(33-25)19-11-13-21(14-12-19)26(27,28)29;1-2/h3,5-14,17H,4,15-16H2,1-2H3;1-2H3. The molecule has 0 bridgehead atoms. The normalized spacial score (nSPS) is 13.6. The van der Waals surface area contributed by atoms with E-state index in [1.807, 2.05) is 39.0 Å². The second-order valence-corrected chi connectivity index (χ2v) is 7.67. The molecule has 7 heteroatoms. The third-order valence-electron chi connectivity index (χ3n) is 5.52. The van der Waals surface area contributed by atoms with Gasteiger partial charge in [0.1, 0.15) is 0 Å². The third-order valence-corrected chi connectivity index (χ3v) is 5.52. The second kappa shape index (κ2) is 11.7. The van der Waals surface area contributed by atoms with E-state index in [0.717, 1.165) is 48.5 Å². The van der Waals surface area contributed by atoms with Crippen LogP contribution in [0.3, 0.4) is 0 Å². The molecule has 4 nitrogen and oxygen atoms in total. The van der Waals surface area contributed by atoms with E-state index in [4.69, 9.17) is 4.42 Å². The molecule has 1 aromatic heterocycles. The van der Waals surface area contributed by atoms with Gasteiger partial charge in [0, 0.05) is 35.5 Å². The maximum atomic E-state index is 12.8. The zero-order chi connectivity index (χ0) is 25.4. The maximum absolute atomic E-state index is 12.8. The Balaban J connectivity index is 0.00000167. The van der Waals surface area contributed by atoms with Crippen molar-refractivity contribution in [3.8, 4) is 22.9 Å². The topological polar surface area (TPSA) is 42.2 Å². The van der Waals surface area contributed by atoms with Crippen LogP contribution in [0.1, 0.15) is 44.4 Å². The van der Waals surface area contributed by atoms with Gasteiger partial charge >= 0.3 is 6.18 Å². The van der Waals surface area contributed by atoms with Crippen molar-refractivity contribution >= 4 is 5.70 Å². The number of nitrogens with zero attached hydrogens (tertiary/aromatic N) is 3. The highest BCUT2D eigenvalue weighted by Gasteiger charge is 2.30. The number of halogens is 3. The van der Waals surface area contributed by atoms with Crippen molar-refractivity contribution in [3.63, 3.8) is 0 Å². The number of rotatable bonds is 6. The lowest BCUT2D eigenvalue weighted by atomic mass is 9.97. The van der Waals surface area contributed by atoms with Crippen LogP contribution >= 0.6 is 0 Å². The summed E-state index contributed by atoms with van der Waals surface area (Å²) in [5.74, 6) is 0.495. The number of aryl methyl sites for hydroxylation is 1. The first-order valence-corrected chi connectivity index (χ1v) is 11.8. The molecule has 0 aliphatic carbocycles. The van der Waals surface area contributed by atoms with E-state index in [-0.39, 0.29) is 5.89 Å². The molecule has 4 rings (SSSR count). The van der Waals surface area contributed by atoms with Crippen molar-refractivity contribution in [1.82, 2.24) is 15.1 Å². The van der Waals surface area contributed by atoms with Crippen LogP contribution in [0.5, 0.6) is 0 Å². The lowest BCUT2D eigenvalue weighted by Gasteiger charge is -2.29. The molecule has 1 aliphatic heterocycles. The number of hydrogen-bond donors (Lipinski definition) is 0. The van der Waals surface area contributed by atoms with Crippen molar-refractivity contribution in [2.45, 2.75) is 40.3 Å². The summed E-state index contributed by atoms with van der Waals surface area (Å²) in [5.41, 5.74) is 3.89. The lowest BCUT2D eigenvalue weighted by Crippen LogP contribution is -2.24. The fourth-order valence-electron chi connectivity index (χ4n) is 3.73. The molecule has 0 saturated carbocycles. The Labute approximate surface area is 204 Å². The monoisotopic (exact) mass is 481 g/mol. The number of hydrogen-bond acceptors (Lipinski definition) is 4. The summed E-state index contributed by atoms with van der Waals surface area (Å²) < 4.78 is 44.3. The molecule has 0 amide bonds. The van der Waals surface area contributed by atoms with Crippen LogP contribution in [-0.4, -0.2) is 28.2 Å². The Kier molecular flexibility index (Phi) is 8.68. The molecule has 0 saturated heterocycles.